The number of anilines is 1. The molecule has 1 N–H and O–H groups in total. The molecule has 0 aliphatic carbocycles. The Morgan fingerprint density at radius 3 is 2.61 bits per heavy atom. The van der Waals surface area contributed by atoms with Crippen LogP contribution in [0.2, 0.25) is 0 Å². The van der Waals surface area contributed by atoms with E-state index in [4.69, 9.17) is 14.2 Å². The SMILES string of the molecule is Cc1ccc2nc(-c3ccc(NC(=O)c4noc(C)c4COc4ccccc4)cc3)sc2c1. The van der Waals surface area contributed by atoms with Crippen molar-refractivity contribution in [3.05, 3.63) is 95.4 Å². The lowest BCUT2D eigenvalue weighted by atomic mass is 10.1. The number of thiazole rings is 1. The summed E-state index contributed by atoms with van der Waals surface area (Å²) in [5.41, 5.74) is 4.71. The number of aromatic nitrogens is 2. The fraction of sp³-hybridized carbons (Fsp3) is 0.115. The Labute approximate surface area is 194 Å². The fourth-order valence-electron chi connectivity index (χ4n) is 3.45. The van der Waals surface area contributed by atoms with E-state index in [0.29, 0.717) is 22.8 Å². The molecule has 2 aromatic heterocycles. The molecule has 3 aromatic carbocycles. The number of para-hydroxylation sites is 1. The maximum atomic E-state index is 12.9. The van der Waals surface area contributed by atoms with Crippen LogP contribution in [0.15, 0.2) is 77.3 Å². The van der Waals surface area contributed by atoms with Crippen molar-refractivity contribution >= 4 is 33.1 Å². The van der Waals surface area contributed by atoms with Gasteiger partial charge < -0.3 is 14.6 Å². The number of fused-ring (bicyclic) bond motifs is 1. The molecule has 6 nitrogen and oxygen atoms in total. The molecule has 0 atom stereocenters. The number of rotatable bonds is 6. The number of aryl methyl sites for hydroxylation is 2. The van der Waals surface area contributed by atoms with Gasteiger partial charge in [-0.25, -0.2) is 4.98 Å². The van der Waals surface area contributed by atoms with Gasteiger partial charge in [-0.15, -0.1) is 11.3 Å². The zero-order valence-electron chi connectivity index (χ0n) is 18.2. The van der Waals surface area contributed by atoms with E-state index in [2.05, 4.69) is 29.5 Å². The predicted octanol–water partition coefficient (Wildman–Crippen LogP) is 6.40. The Bertz CT molecular complexity index is 1420. The van der Waals surface area contributed by atoms with Crippen molar-refractivity contribution in [3.63, 3.8) is 0 Å². The highest BCUT2D eigenvalue weighted by Crippen LogP contribution is 2.31. The summed E-state index contributed by atoms with van der Waals surface area (Å²) in [5.74, 6) is 0.921. The van der Waals surface area contributed by atoms with Crippen LogP contribution in [-0.2, 0) is 6.61 Å². The van der Waals surface area contributed by atoms with Crippen LogP contribution < -0.4 is 10.1 Å². The molecule has 5 aromatic rings. The largest absolute Gasteiger partial charge is 0.489 e. The minimum atomic E-state index is -0.346. The standard InChI is InChI=1S/C26H21N3O3S/c1-16-8-13-22-23(14-16)33-26(28-22)18-9-11-19(12-10-18)27-25(30)24-21(17(2)32-29-24)15-31-20-6-4-3-5-7-20/h3-14H,15H2,1-2H3,(H,27,30). The van der Waals surface area contributed by atoms with Gasteiger partial charge in [0.1, 0.15) is 23.1 Å². The molecule has 2 heterocycles. The number of benzene rings is 3. The number of amides is 1. The monoisotopic (exact) mass is 455 g/mol. The first-order valence-electron chi connectivity index (χ1n) is 10.5. The average molecular weight is 456 g/mol. The molecule has 0 saturated carbocycles. The van der Waals surface area contributed by atoms with Crippen LogP contribution in [0.5, 0.6) is 5.75 Å². The van der Waals surface area contributed by atoms with Gasteiger partial charge in [-0.05, 0) is 67.9 Å². The van der Waals surface area contributed by atoms with E-state index in [9.17, 15) is 4.79 Å². The number of nitrogens with zero attached hydrogens (tertiary/aromatic N) is 2. The van der Waals surface area contributed by atoms with Gasteiger partial charge in [0.2, 0.25) is 0 Å². The molecular formula is C26H21N3O3S. The molecule has 1 amide bonds. The molecular weight excluding hydrogens is 434 g/mol. The summed E-state index contributed by atoms with van der Waals surface area (Å²) >= 11 is 1.65. The Morgan fingerprint density at radius 1 is 1.03 bits per heavy atom. The molecule has 0 aliphatic heterocycles. The van der Waals surface area contributed by atoms with Gasteiger partial charge in [0.25, 0.3) is 5.91 Å². The number of nitrogens with one attached hydrogen (secondary N) is 1. The molecule has 7 heteroatoms. The zero-order chi connectivity index (χ0) is 22.8. The Balaban J connectivity index is 1.30. The average Bonchev–Trinajstić information content (AvgIpc) is 3.41. The summed E-state index contributed by atoms with van der Waals surface area (Å²) in [5, 5.41) is 7.78. The van der Waals surface area contributed by atoms with Crippen molar-refractivity contribution < 1.29 is 14.1 Å². The highest BCUT2D eigenvalue weighted by molar-refractivity contribution is 7.21. The van der Waals surface area contributed by atoms with Gasteiger partial charge in [0.05, 0.1) is 15.8 Å². The topological polar surface area (TPSA) is 77.3 Å². The molecule has 5 rings (SSSR count). The van der Waals surface area contributed by atoms with Crippen LogP contribution >= 0.6 is 11.3 Å². The molecule has 0 radical (unpaired) electrons. The van der Waals surface area contributed by atoms with E-state index < -0.39 is 0 Å². The fourth-order valence-corrected chi connectivity index (χ4v) is 4.52. The molecule has 33 heavy (non-hydrogen) atoms. The van der Waals surface area contributed by atoms with Gasteiger partial charge in [-0.3, -0.25) is 4.79 Å². The summed E-state index contributed by atoms with van der Waals surface area (Å²) in [6.45, 7) is 4.03. The van der Waals surface area contributed by atoms with Gasteiger partial charge in [-0.1, -0.05) is 29.4 Å². The third-order valence-electron chi connectivity index (χ3n) is 5.26. The van der Waals surface area contributed by atoms with Crippen LogP contribution in [-0.4, -0.2) is 16.0 Å². The number of ether oxygens (including phenoxy) is 1. The predicted molar refractivity (Wildman–Crippen MR) is 130 cm³/mol. The minimum absolute atomic E-state index is 0.193. The Hall–Kier alpha value is -3.97. The molecule has 0 unspecified atom stereocenters. The molecule has 0 bridgehead atoms. The number of carbonyl (C=O) groups excluding carboxylic acids is 1. The van der Waals surface area contributed by atoms with Crippen molar-refractivity contribution in [2.24, 2.45) is 0 Å². The van der Waals surface area contributed by atoms with Crippen LogP contribution in [0.3, 0.4) is 0 Å². The van der Waals surface area contributed by atoms with Crippen LogP contribution in [0, 0.1) is 13.8 Å². The zero-order valence-corrected chi connectivity index (χ0v) is 19.0. The summed E-state index contributed by atoms with van der Waals surface area (Å²) in [6.07, 6.45) is 0. The normalized spacial score (nSPS) is 11.0. The quantitative estimate of drug-likeness (QED) is 0.321. The van der Waals surface area contributed by atoms with E-state index >= 15 is 0 Å². The van der Waals surface area contributed by atoms with Crippen molar-refractivity contribution in [3.8, 4) is 16.3 Å². The van der Waals surface area contributed by atoms with Crippen LogP contribution in [0.4, 0.5) is 5.69 Å². The molecule has 0 fully saturated rings. The lowest BCUT2D eigenvalue weighted by Crippen LogP contribution is -2.15. The first-order chi connectivity index (χ1) is 16.1. The van der Waals surface area contributed by atoms with E-state index in [1.54, 1.807) is 18.3 Å². The number of hydrogen-bond acceptors (Lipinski definition) is 6. The molecule has 0 saturated heterocycles. The highest BCUT2D eigenvalue weighted by atomic mass is 32.1. The Morgan fingerprint density at radius 2 is 1.82 bits per heavy atom. The highest BCUT2D eigenvalue weighted by Gasteiger charge is 2.20. The van der Waals surface area contributed by atoms with E-state index in [1.807, 2.05) is 60.7 Å². The van der Waals surface area contributed by atoms with Crippen LogP contribution in [0.1, 0.15) is 27.4 Å². The minimum Gasteiger partial charge on any atom is -0.489 e. The first-order valence-corrected chi connectivity index (χ1v) is 11.3. The van der Waals surface area contributed by atoms with Gasteiger partial charge >= 0.3 is 0 Å². The lowest BCUT2D eigenvalue weighted by molar-refractivity contribution is 0.101. The maximum absolute atomic E-state index is 12.9. The third kappa shape index (κ3) is 4.49. The first kappa shape index (κ1) is 20.9. The summed E-state index contributed by atoms with van der Waals surface area (Å²) < 4.78 is 12.2. The van der Waals surface area contributed by atoms with E-state index in [1.165, 1.54) is 5.56 Å². The summed E-state index contributed by atoms with van der Waals surface area (Å²) in [4.78, 5) is 17.6. The second kappa shape index (κ2) is 8.88. The van der Waals surface area contributed by atoms with Crippen molar-refractivity contribution in [1.82, 2.24) is 10.1 Å². The summed E-state index contributed by atoms with van der Waals surface area (Å²) in [6, 6.07) is 23.3. The van der Waals surface area contributed by atoms with Gasteiger partial charge in [0.15, 0.2) is 5.69 Å². The van der Waals surface area contributed by atoms with Gasteiger partial charge in [-0.2, -0.15) is 0 Å². The third-order valence-corrected chi connectivity index (χ3v) is 6.33. The second-order valence-electron chi connectivity index (χ2n) is 7.69. The maximum Gasteiger partial charge on any atom is 0.278 e. The number of carbonyl (C=O) groups is 1. The van der Waals surface area contributed by atoms with Crippen molar-refractivity contribution in [1.29, 1.82) is 0 Å². The number of hydrogen-bond donors (Lipinski definition) is 1. The molecule has 0 spiro atoms. The smallest absolute Gasteiger partial charge is 0.278 e. The second-order valence-corrected chi connectivity index (χ2v) is 8.72. The Kier molecular flexibility index (Phi) is 5.62. The van der Waals surface area contributed by atoms with Crippen molar-refractivity contribution in [2.45, 2.75) is 20.5 Å². The summed E-state index contributed by atoms with van der Waals surface area (Å²) in [7, 11) is 0. The van der Waals surface area contributed by atoms with E-state index in [0.717, 1.165) is 20.8 Å². The lowest BCUT2D eigenvalue weighted by Gasteiger charge is -2.07. The van der Waals surface area contributed by atoms with E-state index in [-0.39, 0.29) is 18.2 Å². The molecule has 164 valence electrons. The van der Waals surface area contributed by atoms with Crippen LogP contribution in [0.25, 0.3) is 20.8 Å². The van der Waals surface area contributed by atoms with Gasteiger partial charge in [0, 0.05) is 11.3 Å². The molecule has 0 aliphatic rings. The van der Waals surface area contributed by atoms with Crippen molar-refractivity contribution in [2.75, 3.05) is 5.32 Å².